The minimum absolute atomic E-state index is 0.229. The fourth-order valence-electron chi connectivity index (χ4n) is 1.90. The van der Waals surface area contributed by atoms with E-state index in [0.717, 1.165) is 0 Å². The Morgan fingerprint density at radius 1 is 0.471 bits per heavy atom. The second-order valence-electron chi connectivity index (χ2n) is 5.92. The third-order valence-electron chi connectivity index (χ3n) is 3.07. The maximum atomic E-state index is 12.8. The third-order valence-corrected chi connectivity index (χ3v) is 10.4. The number of hydrogen-bond donors (Lipinski definition) is 0. The van der Waals surface area contributed by atoms with Crippen molar-refractivity contribution < 1.29 is 88.2 Å². The summed E-state index contributed by atoms with van der Waals surface area (Å²) in [4.78, 5) is 0. The van der Waals surface area contributed by atoms with Crippen LogP contribution in [0.15, 0.2) is 12.7 Å². The van der Waals surface area contributed by atoms with Crippen molar-refractivity contribution in [2.75, 3.05) is 0 Å². The average Bonchev–Trinajstić information content (AvgIpc) is 2.49. The van der Waals surface area contributed by atoms with Crippen LogP contribution in [-0.2, 0) is 9.22 Å². The van der Waals surface area contributed by atoms with Crippen LogP contribution in [0.2, 0.25) is 4.44 Å². The molecule has 0 bridgehead atoms. The third kappa shape index (κ3) is 9.66. The van der Waals surface area contributed by atoms with E-state index in [1.54, 1.807) is 0 Å². The number of hydrogen-bond acceptors (Lipinski definition) is 3. The number of alkyl halides is 18. The normalized spacial score (nSPS) is 15.6. The predicted octanol–water partition coefficient (Wildman–Crippen LogP) is 6.64. The van der Waals surface area contributed by atoms with Gasteiger partial charge in [-0.05, 0) is 0 Å². The zero-order valence-corrected chi connectivity index (χ0v) is 18.1. The molecule has 0 fully saturated rings. The number of rotatable bonds is 8. The van der Waals surface area contributed by atoms with Crippen LogP contribution in [0.3, 0.4) is 0 Å². The van der Waals surface area contributed by atoms with Crippen LogP contribution in [0.25, 0.3) is 0 Å². The van der Waals surface area contributed by atoms with E-state index in [9.17, 15) is 79.0 Å². The summed E-state index contributed by atoms with van der Waals surface area (Å²) in [7, 11) is 0. The summed E-state index contributed by atoms with van der Waals surface area (Å²) in [6.07, 6.45) is -57.6. The molecule has 0 saturated heterocycles. The first-order valence-corrected chi connectivity index (χ1v) is 13.1. The number of halogens is 18. The molecule has 0 aliphatic carbocycles. The zero-order chi connectivity index (χ0) is 27.8. The quantitative estimate of drug-likeness (QED) is 0.166. The van der Waals surface area contributed by atoms with Gasteiger partial charge in [0.05, 0.1) is 0 Å². The van der Waals surface area contributed by atoms with Crippen molar-refractivity contribution in [1.29, 1.82) is 0 Å². The van der Waals surface area contributed by atoms with Crippen LogP contribution >= 0.6 is 0 Å². The van der Waals surface area contributed by atoms with E-state index in [1.807, 2.05) is 0 Å². The van der Waals surface area contributed by atoms with Gasteiger partial charge < -0.3 is 0 Å². The Kier molecular flexibility index (Phi) is 10.0. The van der Waals surface area contributed by atoms with E-state index in [2.05, 4.69) is 15.8 Å². The molecule has 0 spiro atoms. The molecular weight excluding hydrogens is 653 g/mol. The first kappa shape index (κ1) is 33.2. The van der Waals surface area contributed by atoms with Crippen LogP contribution < -0.4 is 0 Å². The van der Waals surface area contributed by atoms with Gasteiger partial charge in [0.25, 0.3) is 0 Å². The van der Waals surface area contributed by atoms with Gasteiger partial charge in [0, 0.05) is 0 Å². The second kappa shape index (κ2) is 10.3. The van der Waals surface area contributed by atoms with Crippen molar-refractivity contribution in [2.45, 2.75) is 59.8 Å². The van der Waals surface area contributed by atoms with Gasteiger partial charge in [0.2, 0.25) is 0 Å². The summed E-state index contributed by atoms with van der Waals surface area (Å²) >= 11 is -8.61. The Morgan fingerprint density at radius 3 is 0.765 bits per heavy atom. The molecule has 0 rings (SSSR count). The van der Waals surface area contributed by atoms with Gasteiger partial charge in [-0.3, -0.25) is 0 Å². The first-order chi connectivity index (χ1) is 14.6. The molecule has 0 atom stereocenters. The molecule has 204 valence electrons. The second-order valence-corrected chi connectivity index (χ2v) is 13.0. The molecule has 0 aliphatic heterocycles. The molecule has 0 saturated carbocycles. The molecule has 0 unspecified atom stereocenters. The van der Waals surface area contributed by atoms with Crippen molar-refractivity contribution in [2.24, 2.45) is 0 Å². The SMILES string of the molecule is C=C[CH2][Sn]([O]C(C(F)(F)F)C(F)(F)F)([O]C(C(F)(F)F)C(F)(F)F)[O]C(C(F)(F)F)C(F)(F)F. The minimum atomic E-state index is -8.61. The Balaban J connectivity index is 7.10. The molecule has 0 radical (unpaired) electrons. The van der Waals surface area contributed by atoms with Crippen LogP contribution in [-0.4, -0.2) is 75.0 Å². The van der Waals surface area contributed by atoms with Gasteiger partial charge in [-0.1, -0.05) is 0 Å². The Hall–Kier alpha value is -0.841. The van der Waals surface area contributed by atoms with Gasteiger partial charge >= 0.3 is 180 Å². The molecule has 0 aromatic rings. The molecule has 0 N–H and O–H groups in total. The number of allylic oxidation sites excluding steroid dienone is 1. The molecule has 22 heteroatoms. The Bertz CT molecular complexity index is 543. The van der Waals surface area contributed by atoms with Gasteiger partial charge in [0.15, 0.2) is 0 Å². The molecule has 0 aromatic heterocycles. The van der Waals surface area contributed by atoms with Crippen LogP contribution in [0.4, 0.5) is 79.0 Å². The summed E-state index contributed by atoms with van der Waals surface area (Å²) in [5.74, 6) is 0. The molecule has 0 aromatic carbocycles. The monoisotopic (exact) mass is 662 g/mol. The predicted molar refractivity (Wildman–Crippen MR) is 71.7 cm³/mol. The van der Waals surface area contributed by atoms with Crippen LogP contribution in [0.5, 0.6) is 0 Å². The van der Waals surface area contributed by atoms with E-state index in [-0.39, 0.29) is 6.08 Å². The van der Waals surface area contributed by atoms with E-state index < -0.39 is 79.4 Å². The molecule has 0 amide bonds. The summed E-state index contributed by atoms with van der Waals surface area (Å²) in [6, 6.07) is 0. The van der Waals surface area contributed by atoms with E-state index >= 15 is 0 Å². The first-order valence-electron chi connectivity index (χ1n) is 7.62. The van der Waals surface area contributed by atoms with E-state index in [0.29, 0.717) is 0 Å². The Morgan fingerprint density at radius 2 is 0.647 bits per heavy atom. The summed E-state index contributed by atoms with van der Waals surface area (Å²) in [5, 5.41) is 0. The van der Waals surface area contributed by atoms with Crippen molar-refractivity contribution in [3.63, 3.8) is 0 Å². The van der Waals surface area contributed by atoms with Crippen LogP contribution in [0, 0.1) is 0 Å². The van der Waals surface area contributed by atoms with Crippen molar-refractivity contribution in [1.82, 2.24) is 0 Å². The maximum absolute atomic E-state index is 12.8. The zero-order valence-electron chi connectivity index (χ0n) is 15.3. The van der Waals surface area contributed by atoms with Crippen molar-refractivity contribution >= 4 is 19.6 Å². The average molecular weight is 661 g/mol. The van der Waals surface area contributed by atoms with Gasteiger partial charge in [0.1, 0.15) is 0 Å². The van der Waals surface area contributed by atoms with Crippen molar-refractivity contribution in [3.05, 3.63) is 12.7 Å². The van der Waals surface area contributed by atoms with E-state index in [4.69, 9.17) is 0 Å². The van der Waals surface area contributed by atoms with Crippen LogP contribution in [0.1, 0.15) is 0 Å². The molecule has 34 heavy (non-hydrogen) atoms. The summed E-state index contributed by atoms with van der Waals surface area (Å²) < 4.78 is 237. The Labute approximate surface area is 181 Å². The molecule has 0 heterocycles. The van der Waals surface area contributed by atoms with Crippen molar-refractivity contribution in [3.8, 4) is 0 Å². The fraction of sp³-hybridized carbons (Fsp3) is 0.833. The standard InChI is InChI=1S/3C3HF6O.C3H5.Sn/c3*4-2(5,6)1(10)3(7,8)9;1-3-2;/h3*1H;3H,1-2H2;/q3*-1;;+3. The van der Waals surface area contributed by atoms with Gasteiger partial charge in [-0.25, -0.2) is 0 Å². The van der Waals surface area contributed by atoms with Gasteiger partial charge in [-0.2, -0.15) is 0 Å². The molecular formula is C12H8F18O3Sn. The topological polar surface area (TPSA) is 27.7 Å². The van der Waals surface area contributed by atoms with E-state index in [1.165, 1.54) is 0 Å². The summed E-state index contributed by atoms with van der Waals surface area (Å²) in [6.45, 7) is 2.47. The summed E-state index contributed by atoms with van der Waals surface area (Å²) in [5.41, 5.74) is 0. The fourth-order valence-corrected chi connectivity index (χ4v) is 9.57. The molecule has 3 nitrogen and oxygen atoms in total. The van der Waals surface area contributed by atoms with Gasteiger partial charge in [-0.15, -0.1) is 0 Å². The molecule has 0 aliphatic rings.